The highest BCUT2D eigenvalue weighted by Gasteiger charge is 2.20. The quantitative estimate of drug-likeness (QED) is 0.827. The number of carbonyl (C=O) groups is 1. The fraction of sp³-hybridized carbons (Fsp3) is 0.235. The van der Waals surface area contributed by atoms with Crippen LogP contribution in [0.3, 0.4) is 0 Å². The van der Waals surface area contributed by atoms with Crippen molar-refractivity contribution in [3.8, 4) is 0 Å². The van der Waals surface area contributed by atoms with Crippen LogP contribution in [0.5, 0.6) is 0 Å². The number of benzene rings is 2. The van der Waals surface area contributed by atoms with Gasteiger partial charge in [0.2, 0.25) is 5.91 Å². The molecular formula is C17H16ClNO. The maximum atomic E-state index is 12.4. The molecule has 1 aliphatic rings. The Kier molecular flexibility index (Phi) is 3.75. The van der Waals surface area contributed by atoms with Crippen LogP contribution in [0.15, 0.2) is 48.5 Å². The average molecular weight is 286 g/mol. The highest BCUT2D eigenvalue weighted by molar-refractivity contribution is 6.30. The third-order valence-electron chi connectivity index (χ3n) is 3.73. The van der Waals surface area contributed by atoms with Gasteiger partial charge in [-0.2, -0.15) is 0 Å². The van der Waals surface area contributed by atoms with Crippen LogP contribution in [0.4, 0.5) is 0 Å². The van der Waals surface area contributed by atoms with Gasteiger partial charge in [0, 0.05) is 18.1 Å². The van der Waals surface area contributed by atoms with Crippen molar-refractivity contribution in [3.63, 3.8) is 0 Å². The second-order valence-corrected chi connectivity index (χ2v) is 5.58. The van der Waals surface area contributed by atoms with Gasteiger partial charge >= 0.3 is 0 Å². The van der Waals surface area contributed by atoms with Crippen LogP contribution in [0.2, 0.25) is 5.02 Å². The third-order valence-corrected chi connectivity index (χ3v) is 3.96. The molecule has 3 heteroatoms. The molecule has 2 aromatic rings. The molecule has 0 saturated heterocycles. The first kappa shape index (κ1) is 13.2. The summed E-state index contributed by atoms with van der Waals surface area (Å²) < 4.78 is 0. The molecule has 2 nitrogen and oxygen atoms in total. The lowest BCUT2D eigenvalue weighted by molar-refractivity contribution is -0.131. The van der Waals surface area contributed by atoms with Gasteiger partial charge in [-0.1, -0.05) is 48.0 Å². The number of hydrogen-bond donors (Lipinski definition) is 0. The summed E-state index contributed by atoms with van der Waals surface area (Å²) in [7, 11) is 0. The number of fused-ring (bicyclic) bond motifs is 1. The van der Waals surface area contributed by atoms with Crippen molar-refractivity contribution in [1.29, 1.82) is 0 Å². The van der Waals surface area contributed by atoms with E-state index in [1.54, 1.807) is 0 Å². The zero-order valence-corrected chi connectivity index (χ0v) is 11.9. The average Bonchev–Trinajstić information content (AvgIpc) is 2.47. The van der Waals surface area contributed by atoms with E-state index in [0.29, 0.717) is 11.4 Å². The van der Waals surface area contributed by atoms with Crippen molar-refractivity contribution in [2.24, 2.45) is 0 Å². The molecule has 1 amide bonds. The molecule has 3 rings (SSSR count). The fourth-order valence-corrected chi connectivity index (χ4v) is 2.85. The summed E-state index contributed by atoms with van der Waals surface area (Å²) in [5, 5.41) is 0.680. The maximum absolute atomic E-state index is 12.4. The summed E-state index contributed by atoms with van der Waals surface area (Å²) in [6, 6.07) is 15.9. The van der Waals surface area contributed by atoms with Crippen molar-refractivity contribution in [3.05, 3.63) is 70.2 Å². The van der Waals surface area contributed by atoms with E-state index in [9.17, 15) is 4.79 Å². The number of rotatable bonds is 2. The lowest BCUT2D eigenvalue weighted by Crippen LogP contribution is -2.36. The molecule has 1 heterocycles. The number of hydrogen-bond acceptors (Lipinski definition) is 1. The molecule has 20 heavy (non-hydrogen) atoms. The van der Waals surface area contributed by atoms with E-state index in [1.165, 1.54) is 11.1 Å². The summed E-state index contributed by atoms with van der Waals surface area (Å²) >= 11 is 5.96. The normalized spacial score (nSPS) is 13.9. The van der Waals surface area contributed by atoms with Gasteiger partial charge in [-0.15, -0.1) is 0 Å². The van der Waals surface area contributed by atoms with Crippen LogP contribution in [-0.2, 0) is 24.2 Å². The SMILES string of the molecule is O=C(Cc1cccc(Cl)c1)N1CCc2ccccc2C1. The summed E-state index contributed by atoms with van der Waals surface area (Å²) in [6.45, 7) is 1.52. The molecule has 0 N–H and O–H groups in total. The monoisotopic (exact) mass is 285 g/mol. The molecule has 0 bridgehead atoms. The van der Waals surface area contributed by atoms with Gasteiger partial charge in [-0.05, 0) is 35.2 Å². The molecule has 0 fully saturated rings. The minimum Gasteiger partial charge on any atom is -0.338 e. The Morgan fingerprint density at radius 1 is 1.10 bits per heavy atom. The van der Waals surface area contributed by atoms with E-state index in [0.717, 1.165) is 25.1 Å². The van der Waals surface area contributed by atoms with Crippen molar-refractivity contribution in [2.75, 3.05) is 6.54 Å². The lowest BCUT2D eigenvalue weighted by atomic mass is 9.99. The van der Waals surface area contributed by atoms with Gasteiger partial charge in [0.15, 0.2) is 0 Å². The smallest absolute Gasteiger partial charge is 0.227 e. The van der Waals surface area contributed by atoms with Crippen LogP contribution in [-0.4, -0.2) is 17.4 Å². The first-order valence-corrected chi connectivity index (χ1v) is 7.19. The highest BCUT2D eigenvalue weighted by atomic mass is 35.5. The summed E-state index contributed by atoms with van der Waals surface area (Å²) in [5.41, 5.74) is 3.60. The first-order valence-electron chi connectivity index (χ1n) is 6.81. The van der Waals surface area contributed by atoms with Gasteiger partial charge in [-0.3, -0.25) is 4.79 Å². The molecule has 0 atom stereocenters. The second-order valence-electron chi connectivity index (χ2n) is 5.14. The van der Waals surface area contributed by atoms with Gasteiger partial charge in [0.1, 0.15) is 0 Å². The van der Waals surface area contributed by atoms with Crippen LogP contribution >= 0.6 is 11.6 Å². The number of carbonyl (C=O) groups excluding carboxylic acids is 1. The van der Waals surface area contributed by atoms with Gasteiger partial charge < -0.3 is 4.90 Å². The molecule has 2 aromatic carbocycles. The second kappa shape index (κ2) is 5.68. The molecule has 102 valence electrons. The number of halogens is 1. The molecule has 1 aliphatic heterocycles. The third kappa shape index (κ3) is 2.86. The maximum Gasteiger partial charge on any atom is 0.227 e. The molecule has 0 aromatic heterocycles. The fourth-order valence-electron chi connectivity index (χ4n) is 2.64. The van der Waals surface area contributed by atoms with E-state index in [-0.39, 0.29) is 5.91 Å². The van der Waals surface area contributed by atoms with Crippen molar-refractivity contribution >= 4 is 17.5 Å². The Hall–Kier alpha value is -1.80. The summed E-state index contributed by atoms with van der Waals surface area (Å²) in [5.74, 6) is 0.168. The van der Waals surface area contributed by atoms with E-state index >= 15 is 0 Å². The molecule has 0 radical (unpaired) electrons. The zero-order chi connectivity index (χ0) is 13.9. The number of amides is 1. The van der Waals surface area contributed by atoms with E-state index in [2.05, 4.69) is 18.2 Å². The lowest BCUT2D eigenvalue weighted by Gasteiger charge is -2.29. The van der Waals surface area contributed by atoms with Crippen LogP contribution < -0.4 is 0 Å². The van der Waals surface area contributed by atoms with Gasteiger partial charge in [0.25, 0.3) is 0 Å². The largest absolute Gasteiger partial charge is 0.338 e. The van der Waals surface area contributed by atoms with Crippen LogP contribution in [0, 0.1) is 0 Å². The van der Waals surface area contributed by atoms with Crippen molar-refractivity contribution < 1.29 is 4.79 Å². The molecule has 0 aliphatic carbocycles. The highest BCUT2D eigenvalue weighted by Crippen LogP contribution is 2.19. The topological polar surface area (TPSA) is 20.3 Å². The van der Waals surface area contributed by atoms with E-state index in [1.807, 2.05) is 35.2 Å². The Bertz CT molecular complexity index is 638. The minimum absolute atomic E-state index is 0.168. The standard InChI is InChI=1S/C17H16ClNO/c18-16-7-3-4-13(10-16)11-17(20)19-9-8-14-5-1-2-6-15(14)12-19/h1-7,10H,8-9,11-12H2. The molecule has 0 saturated carbocycles. The Morgan fingerprint density at radius 3 is 2.70 bits per heavy atom. The predicted molar refractivity (Wildman–Crippen MR) is 80.7 cm³/mol. The molecule has 0 unspecified atom stereocenters. The van der Waals surface area contributed by atoms with Gasteiger partial charge in [-0.25, -0.2) is 0 Å². The first-order chi connectivity index (χ1) is 9.72. The molecule has 0 spiro atoms. The van der Waals surface area contributed by atoms with E-state index < -0.39 is 0 Å². The zero-order valence-electron chi connectivity index (χ0n) is 11.2. The van der Waals surface area contributed by atoms with Crippen molar-refractivity contribution in [1.82, 2.24) is 4.90 Å². The molecular weight excluding hydrogens is 270 g/mol. The Balaban J connectivity index is 1.70. The van der Waals surface area contributed by atoms with E-state index in [4.69, 9.17) is 11.6 Å². The Labute approximate surface area is 124 Å². The minimum atomic E-state index is 0.168. The van der Waals surface area contributed by atoms with Crippen LogP contribution in [0.1, 0.15) is 16.7 Å². The van der Waals surface area contributed by atoms with Crippen LogP contribution in [0.25, 0.3) is 0 Å². The summed E-state index contributed by atoms with van der Waals surface area (Å²) in [4.78, 5) is 14.3. The predicted octanol–water partition coefficient (Wildman–Crippen LogP) is 3.47. The van der Waals surface area contributed by atoms with Crippen molar-refractivity contribution in [2.45, 2.75) is 19.4 Å². The number of nitrogens with zero attached hydrogens (tertiary/aromatic N) is 1. The van der Waals surface area contributed by atoms with Gasteiger partial charge in [0.05, 0.1) is 6.42 Å². The Morgan fingerprint density at radius 2 is 1.90 bits per heavy atom. The summed E-state index contributed by atoms with van der Waals surface area (Å²) in [6.07, 6.45) is 1.36.